The molecule has 0 saturated heterocycles. The van der Waals surface area contributed by atoms with E-state index >= 15 is 0 Å². The third-order valence-electron chi connectivity index (χ3n) is 2.30. The van der Waals surface area contributed by atoms with Gasteiger partial charge in [0.25, 0.3) is 0 Å². The van der Waals surface area contributed by atoms with E-state index in [1.54, 1.807) is 0 Å². The first kappa shape index (κ1) is 11.4. The van der Waals surface area contributed by atoms with Crippen molar-refractivity contribution in [3.05, 3.63) is 35.9 Å². The Morgan fingerprint density at radius 2 is 2.00 bits per heavy atom. The molecule has 0 heterocycles. The lowest BCUT2D eigenvalue weighted by Gasteiger charge is -2.04. The zero-order valence-electron chi connectivity index (χ0n) is 8.43. The Hall–Kier alpha value is -1.64. The van der Waals surface area contributed by atoms with Gasteiger partial charge in [-0.25, -0.2) is 0 Å². The number of rotatable bonds is 6. The van der Waals surface area contributed by atoms with Gasteiger partial charge >= 0.3 is 5.97 Å². The lowest BCUT2D eigenvalue weighted by atomic mass is 10.0. The highest BCUT2D eigenvalue weighted by Crippen LogP contribution is 2.09. The summed E-state index contributed by atoms with van der Waals surface area (Å²) < 4.78 is 0. The average molecular weight is 206 g/mol. The summed E-state index contributed by atoms with van der Waals surface area (Å²) >= 11 is 0. The molecule has 0 saturated carbocycles. The number of hydrogen-bond acceptors (Lipinski definition) is 2. The molecule has 0 fully saturated rings. The maximum atomic E-state index is 10.5. The van der Waals surface area contributed by atoms with E-state index in [1.165, 1.54) is 5.56 Å². The fraction of sp³-hybridized carbons (Fsp3) is 0.333. The molecule has 0 bridgehead atoms. The van der Waals surface area contributed by atoms with Crippen LogP contribution < -0.4 is 0 Å². The Morgan fingerprint density at radius 1 is 1.33 bits per heavy atom. The van der Waals surface area contributed by atoms with Gasteiger partial charge in [-0.3, -0.25) is 4.79 Å². The van der Waals surface area contributed by atoms with Crippen molar-refractivity contribution in [2.75, 3.05) is 0 Å². The summed E-state index contributed by atoms with van der Waals surface area (Å²) in [4.78, 5) is 20.9. The smallest absolute Gasteiger partial charge is 0.313 e. The molecule has 3 heteroatoms. The van der Waals surface area contributed by atoms with E-state index < -0.39 is 11.9 Å². The summed E-state index contributed by atoms with van der Waals surface area (Å²) in [6.07, 6.45) is 2.46. The second-order valence-corrected chi connectivity index (χ2v) is 3.46. The number of carbonyl (C=O) groups excluding carboxylic acids is 1. The molecular weight excluding hydrogens is 192 g/mol. The van der Waals surface area contributed by atoms with Crippen LogP contribution in [0.1, 0.15) is 18.4 Å². The number of hydrogen-bond donors (Lipinski definition) is 1. The number of carboxylic acid groups (broad SMARTS) is 1. The van der Waals surface area contributed by atoms with E-state index in [0.717, 1.165) is 12.8 Å². The molecule has 1 aromatic carbocycles. The van der Waals surface area contributed by atoms with Gasteiger partial charge in [-0.1, -0.05) is 30.3 Å². The summed E-state index contributed by atoms with van der Waals surface area (Å²) in [5.41, 5.74) is 1.17. The number of benzene rings is 1. The molecule has 3 nitrogen and oxygen atoms in total. The first-order valence-electron chi connectivity index (χ1n) is 4.96. The van der Waals surface area contributed by atoms with Crippen LogP contribution in [0, 0.1) is 5.92 Å². The number of aryl methyl sites for hydroxylation is 1. The minimum atomic E-state index is -1.03. The Morgan fingerprint density at radius 3 is 2.53 bits per heavy atom. The van der Waals surface area contributed by atoms with Crippen molar-refractivity contribution in [1.29, 1.82) is 0 Å². The van der Waals surface area contributed by atoms with Crippen LogP contribution in [0.25, 0.3) is 0 Å². The zero-order chi connectivity index (χ0) is 11.1. The van der Waals surface area contributed by atoms with Crippen molar-refractivity contribution in [1.82, 2.24) is 0 Å². The summed E-state index contributed by atoms with van der Waals surface area (Å²) in [6, 6.07) is 9.83. The molecular formula is C12H14O3. The predicted octanol–water partition coefficient (Wildman–Crippen LogP) is 1.91. The van der Waals surface area contributed by atoms with Crippen LogP contribution >= 0.6 is 0 Å². The quantitative estimate of drug-likeness (QED) is 0.571. The van der Waals surface area contributed by atoms with Crippen LogP contribution in [-0.2, 0) is 16.0 Å². The minimum Gasteiger partial charge on any atom is -0.481 e. The minimum absolute atomic E-state index is 0.410. The Labute approximate surface area is 88.7 Å². The van der Waals surface area contributed by atoms with Crippen LogP contribution in [0.5, 0.6) is 0 Å². The number of carbonyl (C=O) groups is 2. The van der Waals surface area contributed by atoms with E-state index in [2.05, 4.69) is 0 Å². The lowest BCUT2D eigenvalue weighted by molar-refractivity contribution is -0.143. The van der Waals surface area contributed by atoms with E-state index in [4.69, 9.17) is 5.11 Å². The maximum Gasteiger partial charge on any atom is 0.313 e. The zero-order valence-corrected chi connectivity index (χ0v) is 8.43. The molecule has 0 aliphatic carbocycles. The highest BCUT2D eigenvalue weighted by atomic mass is 16.4. The summed E-state index contributed by atoms with van der Waals surface area (Å²) in [7, 11) is 0. The lowest BCUT2D eigenvalue weighted by Crippen LogP contribution is -2.14. The van der Waals surface area contributed by atoms with E-state index in [-0.39, 0.29) is 0 Å². The molecule has 0 radical (unpaired) electrons. The molecule has 1 rings (SSSR count). The van der Waals surface area contributed by atoms with Gasteiger partial charge in [0, 0.05) is 0 Å². The first-order chi connectivity index (χ1) is 7.24. The number of aldehydes is 1. The van der Waals surface area contributed by atoms with Crippen molar-refractivity contribution < 1.29 is 14.7 Å². The molecule has 1 atom stereocenters. The molecule has 0 amide bonds. The molecule has 0 aliphatic rings. The van der Waals surface area contributed by atoms with Crippen molar-refractivity contribution in [3.63, 3.8) is 0 Å². The fourth-order valence-electron chi connectivity index (χ4n) is 1.42. The van der Waals surface area contributed by atoms with Crippen LogP contribution in [-0.4, -0.2) is 17.4 Å². The molecule has 15 heavy (non-hydrogen) atoms. The van der Waals surface area contributed by atoms with Gasteiger partial charge in [0.15, 0.2) is 0 Å². The molecule has 1 unspecified atom stereocenters. The van der Waals surface area contributed by atoms with Crippen molar-refractivity contribution in [2.45, 2.75) is 19.3 Å². The highest BCUT2D eigenvalue weighted by Gasteiger charge is 2.14. The number of aliphatic carboxylic acids is 1. The molecule has 0 spiro atoms. The van der Waals surface area contributed by atoms with Gasteiger partial charge in [-0.15, -0.1) is 0 Å². The second-order valence-electron chi connectivity index (χ2n) is 3.46. The SMILES string of the molecule is O=CC(CCCc1ccccc1)C(=O)O. The van der Waals surface area contributed by atoms with Crippen molar-refractivity contribution >= 4 is 12.3 Å². The van der Waals surface area contributed by atoms with E-state index in [1.807, 2.05) is 30.3 Å². The largest absolute Gasteiger partial charge is 0.481 e. The normalized spacial score (nSPS) is 12.0. The van der Waals surface area contributed by atoms with Crippen LogP contribution in [0.2, 0.25) is 0 Å². The maximum absolute atomic E-state index is 10.5. The second kappa shape index (κ2) is 5.96. The summed E-state index contributed by atoms with van der Waals surface area (Å²) in [6.45, 7) is 0. The van der Waals surface area contributed by atoms with Crippen molar-refractivity contribution in [3.8, 4) is 0 Å². The third kappa shape index (κ3) is 3.94. The Bertz CT molecular complexity index is 319. The molecule has 0 aromatic heterocycles. The monoisotopic (exact) mass is 206 g/mol. The van der Waals surface area contributed by atoms with Gasteiger partial charge in [-0.05, 0) is 24.8 Å². The van der Waals surface area contributed by atoms with Crippen LogP contribution in [0.4, 0.5) is 0 Å². The molecule has 1 N–H and O–H groups in total. The first-order valence-corrected chi connectivity index (χ1v) is 4.96. The Balaban J connectivity index is 2.33. The topological polar surface area (TPSA) is 54.4 Å². The van der Waals surface area contributed by atoms with Crippen LogP contribution in [0.3, 0.4) is 0 Å². The van der Waals surface area contributed by atoms with Gasteiger partial charge in [0.05, 0.1) is 0 Å². The van der Waals surface area contributed by atoms with E-state index in [0.29, 0.717) is 12.7 Å². The molecule has 1 aromatic rings. The third-order valence-corrected chi connectivity index (χ3v) is 2.30. The van der Waals surface area contributed by atoms with Gasteiger partial charge in [0.2, 0.25) is 0 Å². The highest BCUT2D eigenvalue weighted by molar-refractivity contribution is 5.86. The van der Waals surface area contributed by atoms with Crippen molar-refractivity contribution in [2.24, 2.45) is 5.92 Å². The van der Waals surface area contributed by atoms with Gasteiger partial charge in [-0.2, -0.15) is 0 Å². The molecule has 0 aliphatic heterocycles. The summed E-state index contributed by atoms with van der Waals surface area (Å²) in [5, 5.41) is 8.64. The average Bonchev–Trinajstić information content (AvgIpc) is 2.25. The van der Waals surface area contributed by atoms with Gasteiger partial charge < -0.3 is 9.90 Å². The fourth-order valence-corrected chi connectivity index (χ4v) is 1.42. The van der Waals surface area contributed by atoms with Crippen LogP contribution in [0.15, 0.2) is 30.3 Å². The molecule has 80 valence electrons. The number of carboxylic acids is 1. The van der Waals surface area contributed by atoms with E-state index in [9.17, 15) is 9.59 Å². The predicted molar refractivity (Wildman–Crippen MR) is 56.6 cm³/mol. The Kier molecular flexibility index (Phi) is 4.54. The summed E-state index contributed by atoms with van der Waals surface area (Å²) in [5.74, 6) is -1.88. The van der Waals surface area contributed by atoms with Gasteiger partial charge in [0.1, 0.15) is 12.2 Å². The standard InChI is InChI=1S/C12H14O3/c13-9-11(12(14)15)8-4-7-10-5-2-1-3-6-10/h1-3,5-6,9,11H,4,7-8H2,(H,14,15).